The minimum atomic E-state index is 0.603. The Morgan fingerprint density at radius 3 is 2.75 bits per heavy atom. The van der Waals surface area contributed by atoms with E-state index in [2.05, 4.69) is 54.4 Å². The van der Waals surface area contributed by atoms with Crippen molar-refractivity contribution < 1.29 is 0 Å². The molecular formula is C14H22N2. The number of nitrogens with one attached hydrogen (secondary N) is 1. The molecule has 0 radical (unpaired) electrons. The van der Waals surface area contributed by atoms with Crippen LogP contribution in [-0.2, 0) is 0 Å². The molecule has 1 atom stereocenters. The fourth-order valence-corrected chi connectivity index (χ4v) is 2.27. The molecule has 1 saturated heterocycles. The lowest BCUT2D eigenvalue weighted by Gasteiger charge is -2.19. The fraction of sp³-hybridized carbons (Fsp3) is 0.571. The first kappa shape index (κ1) is 11.5. The van der Waals surface area contributed by atoms with Crippen molar-refractivity contribution in [2.75, 3.05) is 24.5 Å². The Bertz CT molecular complexity index is 308. The van der Waals surface area contributed by atoms with E-state index < -0.39 is 0 Å². The first-order chi connectivity index (χ1) is 7.75. The molecule has 2 rings (SSSR count). The highest BCUT2D eigenvalue weighted by atomic mass is 15.2. The molecule has 2 nitrogen and oxygen atoms in total. The number of rotatable bonds is 4. The van der Waals surface area contributed by atoms with Crippen molar-refractivity contribution in [1.82, 2.24) is 5.32 Å². The highest BCUT2D eigenvalue weighted by Crippen LogP contribution is 2.22. The molecule has 1 aromatic rings. The van der Waals surface area contributed by atoms with Gasteiger partial charge in [-0.15, -0.1) is 0 Å². The van der Waals surface area contributed by atoms with Crippen molar-refractivity contribution >= 4 is 5.69 Å². The van der Waals surface area contributed by atoms with Crippen LogP contribution in [0.1, 0.15) is 20.3 Å². The third-order valence-corrected chi connectivity index (χ3v) is 3.22. The summed E-state index contributed by atoms with van der Waals surface area (Å²) in [6, 6.07) is 11.3. The maximum atomic E-state index is 3.53. The molecule has 1 N–H and O–H groups in total. The van der Waals surface area contributed by atoms with E-state index in [0.29, 0.717) is 6.04 Å². The number of hydrogen-bond donors (Lipinski definition) is 1. The SMILES string of the molecule is CC(C)NCC1CCN(c2ccccc2)C1. The van der Waals surface area contributed by atoms with Gasteiger partial charge in [-0.25, -0.2) is 0 Å². The summed E-state index contributed by atoms with van der Waals surface area (Å²) in [4.78, 5) is 2.49. The predicted octanol–water partition coefficient (Wildman–Crippen LogP) is 2.51. The summed E-state index contributed by atoms with van der Waals surface area (Å²) in [5, 5.41) is 3.53. The second-order valence-corrected chi connectivity index (χ2v) is 5.00. The Morgan fingerprint density at radius 1 is 1.31 bits per heavy atom. The molecule has 88 valence electrons. The molecule has 1 aromatic carbocycles. The lowest BCUT2D eigenvalue weighted by molar-refractivity contribution is 0.480. The minimum absolute atomic E-state index is 0.603. The molecule has 0 spiro atoms. The zero-order chi connectivity index (χ0) is 11.4. The highest BCUT2D eigenvalue weighted by Gasteiger charge is 2.22. The van der Waals surface area contributed by atoms with Gasteiger partial charge in [-0.3, -0.25) is 0 Å². The lowest BCUT2D eigenvalue weighted by Crippen LogP contribution is -2.30. The number of hydrogen-bond acceptors (Lipinski definition) is 2. The summed E-state index contributed by atoms with van der Waals surface area (Å²) in [7, 11) is 0. The van der Waals surface area contributed by atoms with Crippen molar-refractivity contribution in [3.63, 3.8) is 0 Å². The molecule has 1 heterocycles. The summed E-state index contributed by atoms with van der Waals surface area (Å²) >= 11 is 0. The normalized spacial score (nSPS) is 20.7. The van der Waals surface area contributed by atoms with Gasteiger partial charge in [0.2, 0.25) is 0 Å². The highest BCUT2D eigenvalue weighted by molar-refractivity contribution is 5.46. The van der Waals surface area contributed by atoms with Crippen molar-refractivity contribution in [2.45, 2.75) is 26.3 Å². The van der Waals surface area contributed by atoms with Crippen molar-refractivity contribution in [3.8, 4) is 0 Å². The molecule has 0 aromatic heterocycles. The second kappa shape index (κ2) is 5.35. The van der Waals surface area contributed by atoms with Crippen LogP contribution >= 0.6 is 0 Å². The Labute approximate surface area is 98.7 Å². The number of benzene rings is 1. The molecule has 0 bridgehead atoms. The molecule has 16 heavy (non-hydrogen) atoms. The van der Waals surface area contributed by atoms with Crippen molar-refractivity contribution in [1.29, 1.82) is 0 Å². The Balaban J connectivity index is 1.84. The van der Waals surface area contributed by atoms with Gasteiger partial charge in [0.05, 0.1) is 0 Å². The molecule has 0 saturated carbocycles. The summed E-state index contributed by atoms with van der Waals surface area (Å²) in [6.45, 7) is 7.98. The first-order valence-corrected chi connectivity index (χ1v) is 6.29. The maximum absolute atomic E-state index is 3.53. The minimum Gasteiger partial charge on any atom is -0.371 e. The molecule has 1 aliphatic heterocycles. The van der Waals surface area contributed by atoms with Gasteiger partial charge >= 0.3 is 0 Å². The average molecular weight is 218 g/mol. The van der Waals surface area contributed by atoms with Crippen LogP contribution in [0.4, 0.5) is 5.69 Å². The quantitative estimate of drug-likeness (QED) is 0.835. The predicted molar refractivity (Wildman–Crippen MR) is 69.9 cm³/mol. The monoisotopic (exact) mass is 218 g/mol. The van der Waals surface area contributed by atoms with Gasteiger partial charge in [-0.2, -0.15) is 0 Å². The standard InChI is InChI=1S/C14H22N2/c1-12(2)15-10-13-8-9-16(11-13)14-6-4-3-5-7-14/h3-7,12-13,15H,8-11H2,1-2H3. The van der Waals surface area contributed by atoms with Crippen LogP contribution in [-0.4, -0.2) is 25.7 Å². The smallest absolute Gasteiger partial charge is 0.0366 e. The van der Waals surface area contributed by atoms with Crippen molar-refractivity contribution in [3.05, 3.63) is 30.3 Å². The lowest BCUT2D eigenvalue weighted by atomic mass is 10.1. The van der Waals surface area contributed by atoms with Gasteiger partial charge in [-0.05, 0) is 31.0 Å². The maximum Gasteiger partial charge on any atom is 0.0366 e. The molecule has 2 heteroatoms. The van der Waals surface area contributed by atoms with Gasteiger partial charge < -0.3 is 10.2 Å². The topological polar surface area (TPSA) is 15.3 Å². The van der Waals surface area contributed by atoms with Crippen LogP contribution in [0.25, 0.3) is 0 Å². The van der Waals surface area contributed by atoms with Crippen LogP contribution in [0.2, 0.25) is 0 Å². The summed E-state index contributed by atoms with van der Waals surface area (Å²) in [5.74, 6) is 0.808. The number of anilines is 1. The van der Waals surface area contributed by atoms with Gasteiger partial charge in [0.15, 0.2) is 0 Å². The fourth-order valence-electron chi connectivity index (χ4n) is 2.27. The van der Waals surface area contributed by atoms with Crippen LogP contribution in [0.3, 0.4) is 0 Å². The Hall–Kier alpha value is -1.02. The second-order valence-electron chi connectivity index (χ2n) is 5.00. The van der Waals surface area contributed by atoms with Crippen LogP contribution in [0.15, 0.2) is 30.3 Å². The Morgan fingerprint density at radius 2 is 2.06 bits per heavy atom. The number of para-hydroxylation sites is 1. The van der Waals surface area contributed by atoms with Crippen LogP contribution < -0.4 is 10.2 Å². The molecule has 1 fully saturated rings. The zero-order valence-corrected chi connectivity index (χ0v) is 10.3. The molecule has 1 unspecified atom stereocenters. The van der Waals surface area contributed by atoms with Gasteiger partial charge in [0.1, 0.15) is 0 Å². The molecule has 0 amide bonds. The first-order valence-electron chi connectivity index (χ1n) is 6.29. The van der Waals surface area contributed by atoms with E-state index in [0.717, 1.165) is 12.5 Å². The van der Waals surface area contributed by atoms with E-state index in [1.807, 2.05) is 0 Å². The zero-order valence-electron chi connectivity index (χ0n) is 10.3. The largest absolute Gasteiger partial charge is 0.371 e. The van der Waals surface area contributed by atoms with E-state index in [1.165, 1.54) is 25.2 Å². The van der Waals surface area contributed by atoms with Crippen molar-refractivity contribution in [2.24, 2.45) is 5.92 Å². The van der Waals surface area contributed by atoms with E-state index in [-0.39, 0.29) is 0 Å². The number of nitrogens with zero attached hydrogens (tertiary/aromatic N) is 1. The third kappa shape index (κ3) is 2.99. The van der Waals surface area contributed by atoms with Crippen LogP contribution in [0, 0.1) is 5.92 Å². The van der Waals surface area contributed by atoms with Gasteiger partial charge in [0.25, 0.3) is 0 Å². The van der Waals surface area contributed by atoms with Gasteiger partial charge in [-0.1, -0.05) is 32.0 Å². The third-order valence-electron chi connectivity index (χ3n) is 3.22. The van der Waals surface area contributed by atoms with E-state index in [9.17, 15) is 0 Å². The van der Waals surface area contributed by atoms with E-state index in [4.69, 9.17) is 0 Å². The Kier molecular flexibility index (Phi) is 3.83. The van der Waals surface area contributed by atoms with E-state index in [1.54, 1.807) is 0 Å². The summed E-state index contributed by atoms with van der Waals surface area (Å²) < 4.78 is 0. The van der Waals surface area contributed by atoms with E-state index >= 15 is 0 Å². The van der Waals surface area contributed by atoms with Gasteiger partial charge in [0, 0.05) is 24.8 Å². The summed E-state index contributed by atoms with van der Waals surface area (Å²) in [5.41, 5.74) is 1.37. The molecule has 1 aliphatic rings. The average Bonchev–Trinajstić information content (AvgIpc) is 2.76. The molecular weight excluding hydrogens is 196 g/mol. The molecule has 0 aliphatic carbocycles. The van der Waals surface area contributed by atoms with Crippen LogP contribution in [0.5, 0.6) is 0 Å². The summed E-state index contributed by atoms with van der Waals surface area (Å²) in [6.07, 6.45) is 1.31.